The molecule has 1 atom stereocenters. The lowest BCUT2D eigenvalue weighted by atomic mass is 9.78. The van der Waals surface area contributed by atoms with Crippen LogP contribution in [-0.4, -0.2) is 11.2 Å². The van der Waals surface area contributed by atoms with Crippen molar-refractivity contribution < 1.29 is 0 Å². The number of nitrogens with zero attached hydrogens (tertiary/aromatic N) is 2. The number of fused-ring (bicyclic) bond motifs is 1. The van der Waals surface area contributed by atoms with E-state index in [-0.39, 0.29) is 5.92 Å². The van der Waals surface area contributed by atoms with Gasteiger partial charge in [-0.3, -0.25) is 4.98 Å². The number of rotatable bonds is 3. The molecule has 2 N–H and O–H groups in total. The van der Waals surface area contributed by atoms with Crippen LogP contribution in [-0.2, 0) is 0 Å². The maximum Gasteiger partial charge on any atom is 0.0991 e. The monoisotopic (exact) mass is 328 g/mol. The Labute approximate surface area is 148 Å². The summed E-state index contributed by atoms with van der Waals surface area (Å²) in [6.07, 6.45) is 5.01. The number of nitriles is 1. The molecule has 0 saturated carbocycles. The van der Waals surface area contributed by atoms with Crippen LogP contribution in [0.5, 0.6) is 0 Å². The van der Waals surface area contributed by atoms with Crippen molar-refractivity contribution in [1.29, 1.82) is 10.7 Å². The van der Waals surface area contributed by atoms with Gasteiger partial charge in [-0.05, 0) is 55.7 Å². The average Bonchev–Trinajstić information content (AvgIpc) is 2.61. The van der Waals surface area contributed by atoms with E-state index in [1.54, 1.807) is 6.08 Å². The highest BCUT2D eigenvalue weighted by molar-refractivity contribution is 5.87. The first-order valence-electron chi connectivity index (χ1n) is 8.12. The molecule has 0 bridgehead atoms. The fourth-order valence-corrected chi connectivity index (χ4v) is 3.48. The number of hydrogen-bond acceptors (Lipinski definition) is 4. The summed E-state index contributed by atoms with van der Waals surface area (Å²) in [4.78, 5) is 4.53. The molecule has 1 aliphatic rings. The zero-order valence-electron chi connectivity index (χ0n) is 14.6. The van der Waals surface area contributed by atoms with E-state index in [9.17, 15) is 0 Å². The molecule has 0 amide bonds. The second-order valence-corrected chi connectivity index (χ2v) is 6.29. The number of allylic oxidation sites excluding steroid dienone is 2. The van der Waals surface area contributed by atoms with Gasteiger partial charge in [0, 0.05) is 40.9 Å². The van der Waals surface area contributed by atoms with Crippen molar-refractivity contribution in [3.05, 3.63) is 75.8 Å². The molecule has 0 saturated heterocycles. The van der Waals surface area contributed by atoms with E-state index in [1.807, 2.05) is 45.2 Å². The lowest BCUT2D eigenvalue weighted by Crippen LogP contribution is -2.21. The molecule has 124 valence electrons. The minimum atomic E-state index is -0.109. The largest absolute Gasteiger partial charge is 0.358 e. The number of benzene rings is 1. The maximum atomic E-state index is 9.15. The van der Waals surface area contributed by atoms with Crippen molar-refractivity contribution in [2.45, 2.75) is 26.7 Å². The van der Waals surface area contributed by atoms with Crippen molar-refractivity contribution in [3.63, 3.8) is 0 Å². The first kappa shape index (κ1) is 16.7. The third-order valence-electron chi connectivity index (χ3n) is 4.74. The summed E-state index contributed by atoms with van der Waals surface area (Å²) < 4.78 is 0. The van der Waals surface area contributed by atoms with Crippen LogP contribution >= 0.6 is 0 Å². The third kappa shape index (κ3) is 2.64. The minimum Gasteiger partial charge on any atom is -0.358 e. The first-order chi connectivity index (χ1) is 12.0. The van der Waals surface area contributed by atoms with Gasteiger partial charge in [-0.15, -0.1) is 0 Å². The van der Waals surface area contributed by atoms with Crippen LogP contribution < -0.4 is 5.32 Å². The third-order valence-corrected chi connectivity index (χ3v) is 4.74. The van der Waals surface area contributed by atoms with Gasteiger partial charge in [0.2, 0.25) is 0 Å². The van der Waals surface area contributed by atoms with Gasteiger partial charge < -0.3 is 10.7 Å². The van der Waals surface area contributed by atoms with Gasteiger partial charge in [0.15, 0.2) is 0 Å². The Morgan fingerprint density at radius 2 is 2.04 bits per heavy atom. The minimum absolute atomic E-state index is 0.109. The lowest BCUT2D eigenvalue weighted by molar-refractivity contribution is 0.918. The number of aromatic nitrogens is 1. The van der Waals surface area contributed by atoms with Crippen molar-refractivity contribution in [3.8, 4) is 6.07 Å². The second-order valence-electron chi connectivity index (χ2n) is 6.29. The summed E-state index contributed by atoms with van der Waals surface area (Å²) in [7, 11) is 0. The molecule has 3 rings (SSSR count). The van der Waals surface area contributed by atoms with Gasteiger partial charge in [0.25, 0.3) is 0 Å². The number of hydrogen-bond donors (Lipinski definition) is 2. The zero-order valence-corrected chi connectivity index (χ0v) is 14.6. The molecule has 0 fully saturated rings. The number of anilines is 1. The highest BCUT2D eigenvalue weighted by atomic mass is 14.9. The SMILES string of the molecule is C=Cc1ncc(C)c2c1C(c1ccc(C#N)cc1C)C(C=N)=C(C)N2. The summed E-state index contributed by atoms with van der Waals surface area (Å²) in [5.41, 5.74) is 8.54. The molecular weight excluding hydrogens is 308 g/mol. The highest BCUT2D eigenvalue weighted by Gasteiger charge is 2.31. The molecule has 1 aromatic carbocycles. The quantitative estimate of drug-likeness (QED) is 0.803. The van der Waals surface area contributed by atoms with Crippen LogP contribution in [0.3, 0.4) is 0 Å². The molecule has 0 aliphatic carbocycles. The van der Waals surface area contributed by atoms with E-state index >= 15 is 0 Å². The van der Waals surface area contributed by atoms with Gasteiger partial charge >= 0.3 is 0 Å². The number of aryl methyl sites for hydroxylation is 2. The van der Waals surface area contributed by atoms with Crippen LogP contribution in [0.4, 0.5) is 5.69 Å². The van der Waals surface area contributed by atoms with Crippen molar-refractivity contribution in [2.75, 3.05) is 5.32 Å². The molecule has 1 aromatic heterocycles. The van der Waals surface area contributed by atoms with Crippen molar-refractivity contribution in [2.24, 2.45) is 0 Å². The van der Waals surface area contributed by atoms with E-state index in [2.05, 4.69) is 22.9 Å². The summed E-state index contributed by atoms with van der Waals surface area (Å²) in [5.74, 6) is -0.109. The molecule has 1 aliphatic heterocycles. The molecule has 0 spiro atoms. The first-order valence-corrected chi connectivity index (χ1v) is 8.12. The number of nitrogens with one attached hydrogen (secondary N) is 2. The molecule has 0 radical (unpaired) electrons. The van der Waals surface area contributed by atoms with E-state index in [0.29, 0.717) is 5.56 Å². The Balaban J connectivity index is 2.35. The van der Waals surface area contributed by atoms with Crippen molar-refractivity contribution in [1.82, 2.24) is 4.98 Å². The summed E-state index contributed by atoms with van der Waals surface area (Å²) >= 11 is 0. The van der Waals surface area contributed by atoms with Gasteiger partial charge in [-0.25, -0.2) is 0 Å². The maximum absolute atomic E-state index is 9.15. The van der Waals surface area contributed by atoms with Crippen LogP contribution in [0.15, 0.2) is 42.2 Å². The van der Waals surface area contributed by atoms with Crippen LogP contribution in [0.2, 0.25) is 0 Å². The molecular formula is C21H20N4. The Bertz CT molecular complexity index is 961. The van der Waals surface area contributed by atoms with E-state index < -0.39 is 0 Å². The topological polar surface area (TPSA) is 72.6 Å². The molecule has 4 heteroatoms. The van der Waals surface area contributed by atoms with E-state index in [4.69, 9.17) is 10.7 Å². The van der Waals surface area contributed by atoms with Crippen LogP contribution in [0.1, 0.15) is 46.4 Å². The average molecular weight is 328 g/mol. The summed E-state index contributed by atoms with van der Waals surface area (Å²) in [6, 6.07) is 7.90. The molecule has 2 aromatic rings. The second kappa shape index (κ2) is 6.37. The predicted octanol–water partition coefficient (Wildman–Crippen LogP) is 4.69. The fourth-order valence-electron chi connectivity index (χ4n) is 3.48. The Kier molecular flexibility index (Phi) is 4.24. The lowest BCUT2D eigenvalue weighted by Gasteiger charge is -2.32. The Morgan fingerprint density at radius 1 is 1.28 bits per heavy atom. The van der Waals surface area contributed by atoms with E-state index in [0.717, 1.165) is 44.9 Å². The number of pyridine rings is 1. The van der Waals surface area contributed by atoms with Gasteiger partial charge in [0.1, 0.15) is 0 Å². The van der Waals surface area contributed by atoms with Crippen molar-refractivity contribution >= 4 is 18.0 Å². The van der Waals surface area contributed by atoms with Gasteiger partial charge in [-0.1, -0.05) is 12.6 Å². The molecule has 25 heavy (non-hydrogen) atoms. The Morgan fingerprint density at radius 3 is 2.64 bits per heavy atom. The summed E-state index contributed by atoms with van der Waals surface area (Å²) in [6.45, 7) is 9.93. The standard InChI is InChI=1S/C21H20N4/c1-5-18-20-19(16-7-6-15(9-22)8-12(16)2)17(10-23)14(4)25-21(20)13(3)11-24-18/h5-8,10-11,19,23,25H,1H2,2-4H3. The Hall–Kier alpha value is -3.19. The zero-order chi connectivity index (χ0) is 18.1. The highest BCUT2D eigenvalue weighted by Crippen LogP contribution is 2.44. The molecule has 2 heterocycles. The van der Waals surface area contributed by atoms with Gasteiger partial charge in [0.05, 0.1) is 17.3 Å². The molecule has 1 unspecified atom stereocenters. The normalized spacial score (nSPS) is 15.8. The summed E-state index contributed by atoms with van der Waals surface area (Å²) in [5, 5.41) is 20.5. The fraction of sp³-hybridized carbons (Fsp3) is 0.190. The molecule has 4 nitrogen and oxygen atoms in total. The predicted molar refractivity (Wildman–Crippen MR) is 102 cm³/mol. The van der Waals surface area contributed by atoms with Crippen LogP contribution in [0.25, 0.3) is 6.08 Å². The van der Waals surface area contributed by atoms with Crippen LogP contribution in [0, 0.1) is 30.6 Å². The van der Waals surface area contributed by atoms with E-state index in [1.165, 1.54) is 6.21 Å². The smallest absolute Gasteiger partial charge is 0.0991 e. The van der Waals surface area contributed by atoms with Gasteiger partial charge in [-0.2, -0.15) is 5.26 Å².